The molecule has 3 aromatic rings. The number of hydrogen-bond acceptors (Lipinski definition) is 4. The highest BCUT2D eigenvalue weighted by Crippen LogP contribution is 2.19. The van der Waals surface area contributed by atoms with Crippen molar-refractivity contribution in [1.82, 2.24) is 15.0 Å². The highest BCUT2D eigenvalue weighted by atomic mass is 16.5. The first-order valence-corrected chi connectivity index (χ1v) is 6.67. The number of pyridine rings is 1. The van der Waals surface area contributed by atoms with E-state index in [1.807, 2.05) is 41.1 Å². The van der Waals surface area contributed by atoms with E-state index in [0.717, 1.165) is 28.6 Å². The van der Waals surface area contributed by atoms with E-state index in [2.05, 4.69) is 15.5 Å². The molecule has 0 spiro atoms. The van der Waals surface area contributed by atoms with Crippen LogP contribution in [0.5, 0.6) is 0 Å². The van der Waals surface area contributed by atoms with E-state index in [-0.39, 0.29) is 0 Å². The van der Waals surface area contributed by atoms with Crippen molar-refractivity contribution >= 4 is 23.2 Å². The number of rotatable bonds is 3. The van der Waals surface area contributed by atoms with Crippen LogP contribution in [0, 0.1) is 0 Å². The zero-order valence-corrected chi connectivity index (χ0v) is 11.9. The standard InChI is InChI=1S/C16H14N4O2/c1-17-15(19-22)12-2-4-14(5-3-12)20-7-6-13-8-11(10-21)9-18-16(13)20/h2-10,22H,1H3,(H,17,19). The Morgan fingerprint density at radius 1 is 1.32 bits per heavy atom. The van der Waals surface area contributed by atoms with E-state index in [1.54, 1.807) is 19.3 Å². The molecule has 2 heterocycles. The fourth-order valence-electron chi connectivity index (χ4n) is 2.34. The van der Waals surface area contributed by atoms with Crippen LogP contribution in [0.25, 0.3) is 16.7 Å². The lowest BCUT2D eigenvalue weighted by atomic mass is 10.2. The summed E-state index contributed by atoms with van der Waals surface area (Å²) in [5, 5.41) is 9.90. The molecule has 0 aliphatic heterocycles. The molecule has 6 nitrogen and oxygen atoms in total. The molecule has 0 saturated carbocycles. The summed E-state index contributed by atoms with van der Waals surface area (Å²) in [4.78, 5) is 19.1. The normalized spacial score (nSPS) is 11.6. The topological polar surface area (TPSA) is 79.5 Å². The molecule has 2 N–H and O–H groups in total. The van der Waals surface area contributed by atoms with Crippen LogP contribution in [0.15, 0.2) is 53.8 Å². The van der Waals surface area contributed by atoms with Gasteiger partial charge in [-0.2, -0.15) is 0 Å². The Morgan fingerprint density at radius 2 is 2.09 bits per heavy atom. The fraction of sp³-hybridized carbons (Fsp3) is 0.0625. The number of benzene rings is 1. The van der Waals surface area contributed by atoms with Crippen LogP contribution < -0.4 is 5.48 Å². The third-order valence-corrected chi connectivity index (χ3v) is 3.43. The lowest BCUT2D eigenvalue weighted by molar-refractivity contribution is 0.112. The summed E-state index contributed by atoms with van der Waals surface area (Å²) in [6.07, 6.45) is 4.24. The van der Waals surface area contributed by atoms with Crippen LogP contribution in [0.1, 0.15) is 15.9 Å². The van der Waals surface area contributed by atoms with Crippen LogP contribution in [0.2, 0.25) is 0 Å². The molecule has 0 unspecified atom stereocenters. The first kappa shape index (κ1) is 14.0. The minimum absolute atomic E-state index is 0.401. The third-order valence-electron chi connectivity index (χ3n) is 3.43. The maximum Gasteiger partial charge on any atom is 0.151 e. The fourth-order valence-corrected chi connectivity index (χ4v) is 2.34. The molecule has 0 amide bonds. The van der Waals surface area contributed by atoms with Crippen molar-refractivity contribution in [2.45, 2.75) is 0 Å². The summed E-state index contributed by atoms with van der Waals surface area (Å²) in [6, 6.07) is 11.2. The number of nitrogens with zero attached hydrogens (tertiary/aromatic N) is 3. The van der Waals surface area contributed by atoms with Gasteiger partial charge in [-0.15, -0.1) is 0 Å². The van der Waals surface area contributed by atoms with Gasteiger partial charge < -0.3 is 4.57 Å². The van der Waals surface area contributed by atoms with E-state index in [4.69, 9.17) is 5.21 Å². The van der Waals surface area contributed by atoms with Gasteiger partial charge in [0.2, 0.25) is 0 Å². The second-order valence-electron chi connectivity index (χ2n) is 4.72. The van der Waals surface area contributed by atoms with E-state index in [9.17, 15) is 4.79 Å². The second-order valence-corrected chi connectivity index (χ2v) is 4.72. The molecule has 0 radical (unpaired) electrons. The van der Waals surface area contributed by atoms with Crippen molar-refractivity contribution in [2.24, 2.45) is 4.99 Å². The summed E-state index contributed by atoms with van der Waals surface area (Å²) in [6.45, 7) is 0. The Hall–Kier alpha value is -2.99. The van der Waals surface area contributed by atoms with Gasteiger partial charge in [0.05, 0.1) is 0 Å². The predicted molar refractivity (Wildman–Crippen MR) is 83.8 cm³/mol. The maximum atomic E-state index is 10.8. The highest BCUT2D eigenvalue weighted by Gasteiger charge is 2.07. The SMILES string of the molecule is CN=C(NO)c1ccc(-n2ccc3cc(C=O)cnc32)cc1. The van der Waals surface area contributed by atoms with Crippen molar-refractivity contribution < 1.29 is 10.0 Å². The van der Waals surface area contributed by atoms with E-state index in [1.165, 1.54) is 0 Å². The average molecular weight is 294 g/mol. The van der Waals surface area contributed by atoms with Crippen LogP contribution in [0.3, 0.4) is 0 Å². The minimum atomic E-state index is 0.401. The predicted octanol–water partition coefficient (Wildman–Crippen LogP) is 2.19. The largest absolute Gasteiger partial charge is 0.301 e. The van der Waals surface area contributed by atoms with Gasteiger partial charge in [-0.05, 0) is 36.4 Å². The zero-order chi connectivity index (χ0) is 15.5. The molecule has 0 atom stereocenters. The quantitative estimate of drug-likeness (QED) is 0.336. The number of amidine groups is 1. The molecule has 0 aliphatic rings. The summed E-state index contributed by atoms with van der Waals surface area (Å²) in [5.41, 5.74) is 5.11. The van der Waals surface area contributed by atoms with Crippen molar-refractivity contribution in [3.05, 3.63) is 59.9 Å². The molecular formula is C16H14N4O2. The lowest BCUT2D eigenvalue weighted by Gasteiger charge is -2.07. The third kappa shape index (κ3) is 2.36. The molecule has 0 fully saturated rings. The van der Waals surface area contributed by atoms with Gasteiger partial charge >= 0.3 is 0 Å². The second kappa shape index (κ2) is 5.79. The minimum Gasteiger partial charge on any atom is -0.301 e. The van der Waals surface area contributed by atoms with Gasteiger partial charge in [-0.1, -0.05) is 0 Å². The van der Waals surface area contributed by atoms with Gasteiger partial charge in [0.1, 0.15) is 5.65 Å². The Bertz CT molecular complexity index is 850. The molecule has 22 heavy (non-hydrogen) atoms. The highest BCUT2D eigenvalue weighted by molar-refractivity contribution is 5.98. The first-order valence-electron chi connectivity index (χ1n) is 6.67. The van der Waals surface area contributed by atoms with E-state index in [0.29, 0.717) is 11.4 Å². The van der Waals surface area contributed by atoms with Crippen LogP contribution in [0.4, 0.5) is 0 Å². The summed E-state index contributed by atoms with van der Waals surface area (Å²) in [7, 11) is 1.60. The van der Waals surface area contributed by atoms with Crippen molar-refractivity contribution in [2.75, 3.05) is 7.05 Å². The Morgan fingerprint density at radius 3 is 2.73 bits per heavy atom. The number of aromatic nitrogens is 2. The monoisotopic (exact) mass is 294 g/mol. The summed E-state index contributed by atoms with van der Waals surface area (Å²) < 4.78 is 1.93. The van der Waals surface area contributed by atoms with Crippen molar-refractivity contribution in [3.63, 3.8) is 0 Å². The van der Waals surface area contributed by atoms with Crippen molar-refractivity contribution in [3.8, 4) is 5.69 Å². The smallest absolute Gasteiger partial charge is 0.151 e. The zero-order valence-electron chi connectivity index (χ0n) is 11.9. The van der Waals surface area contributed by atoms with Gasteiger partial charge in [0, 0.05) is 41.6 Å². The van der Waals surface area contributed by atoms with Crippen LogP contribution in [-0.2, 0) is 0 Å². The Kier molecular flexibility index (Phi) is 3.67. The number of hydroxylamine groups is 1. The van der Waals surface area contributed by atoms with Crippen LogP contribution >= 0.6 is 0 Å². The number of aliphatic imine (C=N–C) groups is 1. The maximum absolute atomic E-state index is 10.8. The van der Waals surface area contributed by atoms with Gasteiger partial charge in [0.15, 0.2) is 12.1 Å². The Labute approximate surface area is 126 Å². The molecule has 110 valence electrons. The molecule has 3 rings (SSSR count). The lowest BCUT2D eigenvalue weighted by Crippen LogP contribution is -2.19. The number of hydrogen-bond donors (Lipinski definition) is 2. The molecule has 0 aliphatic carbocycles. The number of carbonyl (C=O) groups excluding carboxylic acids is 1. The van der Waals surface area contributed by atoms with Gasteiger partial charge in [-0.25, -0.2) is 4.98 Å². The summed E-state index contributed by atoms with van der Waals surface area (Å²) in [5.74, 6) is 0.401. The number of carbonyl (C=O) groups is 1. The molecule has 2 aromatic heterocycles. The average Bonchev–Trinajstić information content (AvgIpc) is 2.99. The first-order chi connectivity index (χ1) is 10.8. The number of nitrogens with one attached hydrogen (secondary N) is 1. The number of fused-ring (bicyclic) bond motifs is 1. The molecule has 1 aromatic carbocycles. The van der Waals surface area contributed by atoms with E-state index < -0.39 is 0 Å². The number of aldehydes is 1. The van der Waals surface area contributed by atoms with E-state index >= 15 is 0 Å². The van der Waals surface area contributed by atoms with Crippen molar-refractivity contribution in [1.29, 1.82) is 0 Å². The Balaban J connectivity index is 2.03. The van der Waals surface area contributed by atoms with Gasteiger partial charge in [-0.3, -0.25) is 20.5 Å². The van der Waals surface area contributed by atoms with Crippen LogP contribution in [-0.4, -0.2) is 33.9 Å². The van der Waals surface area contributed by atoms with Gasteiger partial charge in [0.25, 0.3) is 0 Å². The molecule has 6 heteroatoms. The molecule has 0 bridgehead atoms. The summed E-state index contributed by atoms with van der Waals surface area (Å²) >= 11 is 0. The molecular weight excluding hydrogens is 280 g/mol. The molecule has 0 saturated heterocycles.